The summed E-state index contributed by atoms with van der Waals surface area (Å²) in [5.74, 6) is 1.39. The van der Waals surface area contributed by atoms with Gasteiger partial charge in [-0.1, -0.05) is 6.92 Å². The minimum atomic E-state index is -3.21. The van der Waals surface area contributed by atoms with Crippen LogP contribution in [0.3, 0.4) is 0 Å². The van der Waals surface area contributed by atoms with Gasteiger partial charge in [0.1, 0.15) is 5.37 Å². The summed E-state index contributed by atoms with van der Waals surface area (Å²) in [5.41, 5.74) is 0. The second kappa shape index (κ2) is 6.32. The third-order valence-corrected chi connectivity index (χ3v) is 6.82. The maximum Gasteiger partial charge on any atom is 0.321 e. The molecule has 2 aliphatic rings. The molecule has 2 rings (SSSR count). The number of rotatable bonds is 2. The summed E-state index contributed by atoms with van der Waals surface area (Å²) < 4.78 is 24.2. The fraction of sp³-hybridized carbons (Fsp3) is 0.909. The van der Waals surface area contributed by atoms with Crippen molar-refractivity contribution in [2.24, 2.45) is 0 Å². The van der Waals surface area contributed by atoms with Crippen molar-refractivity contribution in [3.05, 3.63) is 0 Å². The molecule has 0 aromatic rings. The molecule has 6 nitrogen and oxygen atoms in total. The van der Waals surface area contributed by atoms with Crippen molar-refractivity contribution >= 4 is 27.6 Å². The fourth-order valence-electron chi connectivity index (χ4n) is 2.33. The molecule has 2 fully saturated rings. The molecule has 0 bridgehead atoms. The Morgan fingerprint density at radius 1 is 1.32 bits per heavy atom. The normalized spacial score (nSPS) is 25.4. The van der Waals surface area contributed by atoms with Gasteiger partial charge in [-0.25, -0.2) is 13.2 Å². The van der Waals surface area contributed by atoms with Crippen LogP contribution in [-0.2, 0) is 9.84 Å². The Hall–Kier alpha value is -0.470. The van der Waals surface area contributed by atoms with Crippen LogP contribution in [0.5, 0.6) is 0 Å². The van der Waals surface area contributed by atoms with Gasteiger partial charge in [-0.2, -0.15) is 11.8 Å². The number of nitrogens with zero attached hydrogens (tertiary/aromatic N) is 2. The lowest BCUT2D eigenvalue weighted by atomic mass is 10.4. The van der Waals surface area contributed by atoms with Crippen LogP contribution in [0.4, 0.5) is 4.79 Å². The SMILES string of the molecule is CCS(=O)(=O)C1CSCCN1C(=O)N1CCNCC1. The van der Waals surface area contributed by atoms with Crippen LogP contribution in [0.1, 0.15) is 6.92 Å². The number of carbonyl (C=O) groups excluding carboxylic acids is 1. The van der Waals surface area contributed by atoms with Gasteiger partial charge in [-0.05, 0) is 0 Å². The van der Waals surface area contributed by atoms with Gasteiger partial charge in [0.2, 0.25) is 0 Å². The van der Waals surface area contributed by atoms with Gasteiger partial charge in [0.25, 0.3) is 0 Å². The number of thioether (sulfide) groups is 1. The van der Waals surface area contributed by atoms with Crippen molar-refractivity contribution in [3.63, 3.8) is 0 Å². The van der Waals surface area contributed by atoms with Crippen molar-refractivity contribution in [3.8, 4) is 0 Å². The topological polar surface area (TPSA) is 69.7 Å². The Labute approximate surface area is 118 Å². The van der Waals surface area contributed by atoms with Crippen molar-refractivity contribution in [2.45, 2.75) is 12.3 Å². The average molecular weight is 307 g/mol. The molecule has 2 aliphatic heterocycles. The van der Waals surface area contributed by atoms with E-state index in [4.69, 9.17) is 0 Å². The first kappa shape index (κ1) is 14.9. The van der Waals surface area contributed by atoms with Crippen molar-refractivity contribution in [2.75, 3.05) is 50.0 Å². The van der Waals surface area contributed by atoms with E-state index in [9.17, 15) is 13.2 Å². The number of sulfone groups is 1. The Bertz CT molecular complexity index is 421. The van der Waals surface area contributed by atoms with E-state index in [2.05, 4.69) is 5.32 Å². The zero-order valence-corrected chi connectivity index (χ0v) is 12.8. The summed E-state index contributed by atoms with van der Waals surface area (Å²) in [6.07, 6.45) is 0. The van der Waals surface area contributed by atoms with Crippen LogP contribution in [0.15, 0.2) is 0 Å². The van der Waals surface area contributed by atoms with Crippen molar-refractivity contribution in [1.29, 1.82) is 0 Å². The highest BCUT2D eigenvalue weighted by Gasteiger charge is 2.37. The van der Waals surface area contributed by atoms with Crippen LogP contribution in [-0.4, -0.2) is 79.6 Å². The molecular weight excluding hydrogens is 286 g/mol. The van der Waals surface area contributed by atoms with Gasteiger partial charge in [0.15, 0.2) is 9.84 Å². The van der Waals surface area contributed by atoms with E-state index in [1.807, 2.05) is 0 Å². The number of amides is 2. The van der Waals surface area contributed by atoms with E-state index in [0.29, 0.717) is 25.4 Å². The molecule has 1 atom stereocenters. The highest BCUT2D eigenvalue weighted by Crippen LogP contribution is 2.22. The second-order valence-corrected chi connectivity index (χ2v) is 8.29. The summed E-state index contributed by atoms with van der Waals surface area (Å²) in [4.78, 5) is 15.8. The van der Waals surface area contributed by atoms with E-state index in [0.717, 1.165) is 18.8 Å². The molecular formula is C11H21N3O3S2. The van der Waals surface area contributed by atoms with E-state index in [1.165, 1.54) is 0 Å². The second-order valence-electron chi connectivity index (χ2n) is 4.69. The minimum absolute atomic E-state index is 0.0869. The Morgan fingerprint density at radius 3 is 2.63 bits per heavy atom. The van der Waals surface area contributed by atoms with Crippen molar-refractivity contribution < 1.29 is 13.2 Å². The van der Waals surface area contributed by atoms with Gasteiger partial charge in [0, 0.05) is 50.0 Å². The molecule has 2 heterocycles. The summed E-state index contributed by atoms with van der Waals surface area (Å²) in [5, 5.41) is 2.54. The molecule has 0 aromatic heterocycles. The quantitative estimate of drug-likeness (QED) is 0.766. The predicted octanol–water partition coefficient (Wildman–Crippen LogP) is -0.179. The zero-order chi connectivity index (χ0) is 13.9. The lowest BCUT2D eigenvalue weighted by molar-refractivity contribution is 0.145. The fourth-order valence-corrected chi connectivity index (χ4v) is 5.29. The van der Waals surface area contributed by atoms with Crippen LogP contribution >= 0.6 is 11.8 Å². The van der Waals surface area contributed by atoms with Gasteiger partial charge < -0.3 is 15.1 Å². The van der Waals surface area contributed by atoms with Crippen LogP contribution in [0, 0.1) is 0 Å². The lowest BCUT2D eigenvalue weighted by Crippen LogP contribution is -2.58. The smallest absolute Gasteiger partial charge is 0.321 e. The van der Waals surface area contributed by atoms with Gasteiger partial charge in [-0.3, -0.25) is 0 Å². The first-order valence-corrected chi connectivity index (χ1v) is 9.49. The highest BCUT2D eigenvalue weighted by atomic mass is 32.2. The highest BCUT2D eigenvalue weighted by molar-refractivity contribution is 8.01. The molecule has 0 spiro atoms. The lowest BCUT2D eigenvalue weighted by Gasteiger charge is -2.39. The molecule has 1 N–H and O–H groups in total. The van der Waals surface area contributed by atoms with Crippen LogP contribution < -0.4 is 5.32 Å². The van der Waals surface area contributed by atoms with E-state index >= 15 is 0 Å². The number of hydrogen-bond donors (Lipinski definition) is 1. The molecule has 0 aliphatic carbocycles. The number of hydrogen-bond acceptors (Lipinski definition) is 5. The summed E-state index contributed by atoms with van der Waals surface area (Å²) in [7, 11) is -3.21. The third-order valence-electron chi connectivity index (χ3n) is 3.53. The molecule has 110 valence electrons. The number of urea groups is 1. The standard InChI is InChI=1S/C11H21N3O3S2/c1-2-19(16,17)10-9-18-8-7-14(10)11(15)13-5-3-12-4-6-13/h10,12H,2-9H2,1H3. The zero-order valence-electron chi connectivity index (χ0n) is 11.2. The minimum Gasteiger partial charge on any atom is -0.322 e. The maximum absolute atomic E-state index is 12.5. The van der Waals surface area contributed by atoms with E-state index < -0.39 is 15.2 Å². The predicted molar refractivity (Wildman–Crippen MR) is 77.1 cm³/mol. The third kappa shape index (κ3) is 3.35. The van der Waals surface area contributed by atoms with E-state index in [-0.39, 0.29) is 11.8 Å². The van der Waals surface area contributed by atoms with Crippen LogP contribution in [0.25, 0.3) is 0 Å². The van der Waals surface area contributed by atoms with Crippen molar-refractivity contribution in [1.82, 2.24) is 15.1 Å². The average Bonchev–Trinajstić information content (AvgIpc) is 2.47. The molecule has 0 radical (unpaired) electrons. The number of piperazine rings is 1. The molecule has 0 saturated carbocycles. The summed E-state index contributed by atoms with van der Waals surface area (Å²) in [6, 6.07) is -0.121. The van der Waals surface area contributed by atoms with Gasteiger partial charge >= 0.3 is 6.03 Å². The van der Waals surface area contributed by atoms with Gasteiger partial charge in [-0.15, -0.1) is 0 Å². The molecule has 19 heavy (non-hydrogen) atoms. The Balaban J connectivity index is 2.12. The largest absolute Gasteiger partial charge is 0.322 e. The molecule has 0 aromatic carbocycles. The monoisotopic (exact) mass is 307 g/mol. The maximum atomic E-state index is 12.5. The molecule has 1 unspecified atom stereocenters. The summed E-state index contributed by atoms with van der Waals surface area (Å²) >= 11 is 1.61. The Morgan fingerprint density at radius 2 is 2.00 bits per heavy atom. The first-order chi connectivity index (χ1) is 9.06. The van der Waals surface area contributed by atoms with E-state index in [1.54, 1.807) is 28.5 Å². The summed E-state index contributed by atoms with van der Waals surface area (Å²) in [6.45, 7) is 5.03. The van der Waals surface area contributed by atoms with Gasteiger partial charge in [0.05, 0.1) is 0 Å². The Kier molecular flexibility index (Phi) is 4.97. The molecule has 2 amide bonds. The van der Waals surface area contributed by atoms with Crippen LogP contribution in [0.2, 0.25) is 0 Å². The number of nitrogens with one attached hydrogen (secondary N) is 1. The molecule has 2 saturated heterocycles. The number of carbonyl (C=O) groups is 1. The molecule has 8 heteroatoms. The first-order valence-electron chi connectivity index (χ1n) is 6.62.